The Labute approximate surface area is 100 Å². The molecule has 0 fully saturated rings. The van der Waals surface area contributed by atoms with Crippen LogP contribution in [0.5, 0.6) is 0 Å². The van der Waals surface area contributed by atoms with Crippen LogP contribution < -0.4 is 11.1 Å². The van der Waals surface area contributed by atoms with E-state index in [0.717, 1.165) is 5.56 Å². The number of hydrogen-bond acceptors (Lipinski definition) is 2. The number of carbonyl (C=O) groups is 1. The van der Waals surface area contributed by atoms with E-state index in [-0.39, 0.29) is 6.03 Å². The third kappa shape index (κ3) is 3.31. The van der Waals surface area contributed by atoms with Crippen molar-refractivity contribution in [2.75, 3.05) is 19.3 Å². The molecular weight excluding hydrogens is 226 g/mol. The Bertz CT molecular complexity index is 381. The minimum atomic E-state index is -0.124. The highest BCUT2D eigenvalue weighted by molar-refractivity contribution is 6.31. The molecule has 0 aliphatic rings. The summed E-state index contributed by atoms with van der Waals surface area (Å²) in [5.74, 6) is 0. The topological polar surface area (TPSA) is 58.4 Å². The van der Waals surface area contributed by atoms with Crippen molar-refractivity contribution in [1.82, 2.24) is 10.2 Å². The lowest BCUT2D eigenvalue weighted by Crippen LogP contribution is -2.36. The van der Waals surface area contributed by atoms with E-state index in [1.807, 2.05) is 6.92 Å². The standard InChI is InChI=1S/C11H16ClN3O/c1-3-14-11(16)15(2)7-8-6-9(13)4-5-10(8)12/h4-6H,3,7,13H2,1-2H3,(H,14,16). The summed E-state index contributed by atoms with van der Waals surface area (Å²) in [5.41, 5.74) is 7.15. The lowest BCUT2D eigenvalue weighted by molar-refractivity contribution is 0.207. The zero-order chi connectivity index (χ0) is 12.1. The number of nitrogens with zero attached hydrogens (tertiary/aromatic N) is 1. The van der Waals surface area contributed by atoms with Crippen molar-refractivity contribution in [1.29, 1.82) is 0 Å². The van der Waals surface area contributed by atoms with E-state index in [9.17, 15) is 4.79 Å². The van der Waals surface area contributed by atoms with Gasteiger partial charge in [-0.25, -0.2) is 4.79 Å². The molecule has 0 unspecified atom stereocenters. The Hall–Kier alpha value is -1.42. The predicted octanol–water partition coefficient (Wildman–Crippen LogP) is 2.08. The molecule has 2 amide bonds. The Morgan fingerprint density at radius 2 is 2.25 bits per heavy atom. The van der Waals surface area contributed by atoms with Crippen LogP contribution in [0.15, 0.2) is 18.2 Å². The third-order valence-electron chi connectivity index (χ3n) is 2.15. The van der Waals surface area contributed by atoms with Crippen molar-refractivity contribution >= 4 is 23.3 Å². The number of halogens is 1. The molecule has 0 bridgehead atoms. The van der Waals surface area contributed by atoms with E-state index in [1.165, 1.54) is 0 Å². The quantitative estimate of drug-likeness (QED) is 0.796. The number of anilines is 1. The summed E-state index contributed by atoms with van der Waals surface area (Å²) >= 11 is 6.01. The van der Waals surface area contributed by atoms with Gasteiger partial charge in [0.15, 0.2) is 0 Å². The fraction of sp³-hybridized carbons (Fsp3) is 0.364. The normalized spacial score (nSPS) is 9.94. The molecule has 1 aromatic carbocycles. The van der Waals surface area contributed by atoms with Gasteiger partial charge in [0, 0.05) is 30.8 Å². The lowest BCUT2D eigenvalue weighted by Gasteiger charge is -2.18. The number of amides is 2. The molecule has 0 spiro atoms. The van der Waals surface area contributed by atoms with Gasteiger partial charge >= 0.3 is 6.03 Å². The van der Waals surface area contributed by atoms with Crippen LogP contribution in [0.4, 0.5) is 10.5 Å². The fourth-order valence-electron chi connectivity index (χ4n) is 1.33. The van der Waals surface area contributed by atoms with Gasteiger partial charge in [-0.2, -0.15) is 0 Å². The molecule has 88 valence electrons. The molecule has 0 radical (unpaired) electrons. The summed E-state index contributed by atoms with van der Waals surface area (Å²) in [5, 5.41) is 3.33. The smallest absolute Gasteiger partial charge is 0.317 e. The molecule has 0 aliphatic heterocycles. The lowest BCUT2D eigenvalue weighted by atomic mass is 10.2. The van der Waals surface area contributed by atoms with Gasteiger partial charge in [0.25, 0.3) is 0 Å². The van der Waals surface area contributed by atoms with Crippen molar-refractivity contribution in [3.05, 3.63) is 28.8 Å². The zero-order valence-corrected chi connectivity index (χ0v) is 10.2. The summed E-state index contributed by atoms with van der Waals surface area (Å²) in [6.07, 6.45) is 0. The molecular formula is C11H16ClN3O. The summed E-state index contributed by atoms with van der Waals surface area (Å²) in [7, 11) is 1.71. The minimum Gasteiger partial charge on any atom is -0.399 e. The molecule has 0 aromatic heterocycles. The van der Waals surface area contributed by atoms with E-state index in [2.05, 4.69) is 5.32 Å². The van der Waals surface area contributed by atoms with Crippen molar-refractivity contribution in [3.63, 3.8) is 0 Å². The predicted molar refractivity (Wildman–Crippen MR) is 66.4 cm³/mol. The van der Waals surface area contributed by atoms with Crippen LogP contribution in [0.2, 0.25) is 5.02 Å². The highest BCUT2D eigenvalue weighted by Gasteiger charge is 2.09. The second-order valence-electron chi connectivity index (χ2n) is 3.54. The molecule has 3 N–H and O–H groups in total. The minimum absolute atomic E-state index is 0.124. The molecule has 4 nitrogen and oxygen atoms in total. The highest BCUT2D eigenvalue weighted by Crippen LogP contribution is 2.20. The van der Waals surface area contributed by atoms with Crippen molar-refractivity contribution in [2.45, 2.75) is 13.5 Å². The molecule has 16 heavy (non-hydrogen) atoms. The van der Waals surface area contributed by atoms with E-state index >= 15 is 0 Å². The molecule has 0 saturated heterocycles. The number of carbonyl (C=O) groups excluding carboxylic acids is 1. The number of benzene rings is 1. The van der Waals surface area contributed by atoms with Crippen LogP contribution in [-0.4, -0.2) is 24.5 Å². The Balaban J connectivity index is 2.72. The van der Waals surface area contributed by atoms with Gasteiger partial charge in [-0.3, -0.25) is 0 Å². The molecule has 0 saturated carbocycles. The monoisotopic (exact) mass is 241 g/mol. The number of nitrogens with one attached hydrogen (secondary N) is 1. The van der Waals surface area contributed by atoms with Crippen LogP contribution in [0, 0.1) is 0 Å². The van der Waals surface area contributed by atoms with Gasteiger partial charge in [0.05, 0.1) is 0 Å². The van der Waals surface area contributed by atoms with Crippen molar-refractivity contribution in [3.8, 4) is 0 Å². The maximum Gasteiger partial charge on any atom is 0.317 e. The van der Waals surface area contributed by atoms with Crippen LogP contribution in [0.1, 0.15) is 12.5 Å². The summed E-state index contributed by atoms with van der Waals surface area (Å²) in [4.78, 5) is 13.0. The van der Waals surface area contributed by atoms with E-state index < -0.39 is 0 Å². The largest absolute Gasteiger partial charge is 0.399 e. The summed E-state index contributed by atoms with van der Waals surface area (Å²) in [6.45, 7) is 2.92. The highest BCUT2D eigenvalue weighted by atomic mass is 35.5. The van der Waals surface area contributed by atoms with E-state index in [1.54, 1.807) is 30.1 Å². The number of nitrogen functional groups attached to an aromatic ring is 1. The first-order valence-corrected chi connectivity index (χ1v) is 5.45. The molecule has 5 heteroatoms. The SMILES string of the molecule is CCNC(=O)N(C)Cc1cc(N)ccc1Cl. The van der Waals surface area contributed by atoms with E-state index in [4.69, 9.17) is 17.3 Å². The molecule has 0 heterocycles. The number of hydrogen-bond donors (Lipinski definition) is 2. The van der Waals surface area contributed by atoms with Gasteiger partial charge in [0.2, 0.25) is 0 Å². The molecule has 0 aliphatic carbocycles. The van der Waals surface area contributed by atoms with Crippen molar-refractivity contribution in [2.24, 2.45) is 0 Å². The van der Waals surface area contributed by atoms with Crippen LogP contribution in [-0.2, 0) is 6.54 Å². The average Bonchev–Trinajstić information content (AvgIpc) is 2.23. The van der Waals surface area contributed by atoms with Crippen LogP contribution in [0.25, 0.3) is 0 Å². The fourth-order valence-corrected chi connectivity index (χ4v) is 1.51. The zero-order valence-electron chi connectivity index (χ0n) is 9.46. The summed E-state index contributed by atoms with van der Waals surface area (Å²) < 4.78 is 0. The van der Waals surface area contributed by atoms with Gasteiger partial charge < -0.3 is 16.0 Å². The Morgan fingerprint density at radius 1 is 1.56 bits per heavy atom. The molecule has 1 rings (SSSR count). The van der Waals surface area contributed by atoms with Crippen LogP contribution >= 0.6 is 11.6 Å². The third-order valence-corrected chi connectivity index (χ3v) is 2.52. The van der Waals surface area contributed by atoms with Crippen molar-refractivity contribution < 1.29 is 4.79 Å². The van der Waals surface area contributed by atoms with Gasteiger partial charge in [0.1, 0.15) is 0 Å². The maximum absolute atomic E-state index is 11.5. The number of urea groups is 1. The average molecular weight is 242 g/mol. The van der Waals surface area contributed by atoms with Gasteiger partial charge in [-0.15, -0.1) is 0 Å². The number of nitrogens with two attached hydrogens (primary N) is 1. The first-order valence-electron chi connectivity index (χ1n) is 5.07. The van der Waals surface area contributed by atoms with Gasteiger partial charge in [-0.05, 0) is 30.7 Å². The van der Waals surface area contributed by atoms with Crippen LogP contribution in [0.3, 0.4) is 0 Å². The summed E-state index contributed by atoms with van der Waals surface area (Å²) in [6, 6.07) is 5.12. The number of rotatable bonds is 3. The second kappa shape index (κ2) is 5.61. The second-order valence-corrected chi connectivity index (χ2v) is 3.95. The Kier molecular flexibility index (Phi) is 4.43. The Morgan fingerprint density at radius 3 is 2.88 bits per heavy atom. The molecule has 1 aromatic rings. The maximum atomic E-state index is 11.5. The first kappa shape index (κ1) is 12.6. The molecule has 0 atom stereocenters. The first-order chi connectivity index (χ1) is 7.54. The van der Waals surface area contributed by atoms with Gasteiger partial charge in [-0.1, -0.05) is 11.6 Å². The van der Waals surface area contributed by atoms with E-state index in [0.29, 0.717) is 23.8 Å².